The fourth-order valence-electron chi connectivity index (χ4n) is 2.94. The van der Waals surface area contributed by atoms with Gasteiger partial charge in [0, 0.05) is 18.8 Å². The van der Waals surface area contributed by atoms with Crippen LogP contribution in [0, 0.1) is 5.41 Å². The van der Waals surface area contributed by atoms with Crippen LogP contribution >= 0.6 is 11.6 Å². The second kappa shape index (κ2) is 7.31. The van der Waals surface area contributed by atoms with E-state index >= 15 is 0 Å². The van der Waals surface area contributed by atoms with Crippen LogP contribution in [-0.4, -0.2) is 15.4 Å². The molecular weight excluding hydrogens is 280 g/mol. The molecule has 0 radical (unpaired) electrons. The highest BCUT2D eigenvalue weighted by atomic mass is 35.5. The molecule has 3 heteroatoms. The van der Waals surface area contributed by atoms with Crippen molar-refractivity contribution in [3.05, 3.63) is 30.1 Å². The summed E-state index contributed by atoms with van der Waals surface area (Å²) < 4.78 is 2.38. The number of halogens is 1. The van der Waals surface area contributed by atoms with Crippen molar-refractivity contribution < 1.29 is 0 Å². The molecule has 116 valence electrons. The Hall–Kier alpha value is -1.02. The maximum absolute atomic E-state index is 5.96. The standard InChI is InChI=1S/C18H27ClN2/c1-4-5-8-12-18(2,3)14-21-16-10-7-6-9-15(16)20-17(21)11-13-19/h6-7,9-10H,4-5,8,11-14H2,1-3H3. The quantitative estimate of drug-likeness (QED) is 0.470. The molecule has 0 atom stereocenters. The van der Waals surface area contributed by atoms with Crippen molar-refractivity contribution >= 4 is 22.6 Å². The van der Waals surface area contributed by atoms with Crippen LogP contribution in [0.5, 0.6) is 0 Å². The Morgan fingerprint density at radius 1 is 1.19 bits per heavy atom. The summed E-state index contributed by atoms with van der Waals surface area (Å²) in [5.74, 6) is 1.74. The smallest absolute Gasteiger partial charge is 0.111 e. The Morgan fingerprint density at radius 3 is 2.67 bits per heavy atom. The zero-order valence-electron chi connectivity index (χ0n) is 13.5. The molecule has 1 aromatic heterocycles. The number of aryl methyl sites for hydroxylation is 1. The number of alkyl halides is 1. The molecule has 1 aromatic carbocycles. The zero-order valence-corrected chi connectivity index (χ0v) is 14.3. The third-order valence-corrected chi connectivity index (χ3v) is 4.28. The Balaban J connectivity index is 2.24. The van der Waals surface area contributed by atoms with Crippen LogP contribution in [0.15, 0.2) is 24.3 Å². The van der Waals surface area contributed by atoms with Crippen molar-refractivity contribution in [2.24, 2.45) is 5.41 Å². The molecule has 0 spiro atoms. The van der Waals surface area contributed by atoms with Gasteiger partial charge in [-0.3, -0.25) is 0 Å². The van der Waals surface area contributed by atoms with Gasteiger partial charge in [-0.05, 0) is 24.0 Å². The Kier molecular flexibility index (Phi) is 5.69. The van der Waals surface area contributed by atoms with Crippen molar-refractivity contribution in [1.29, 1.82) is 0 Å². The van der Waals surface area contributed by atoms with E-state index in [4.69, 9.17) is 16.6 Å². The van der Waals surface area contributed by atoms with Crippen LogP contribution in [0.25, 0.3) is 11.0 Å². The molecule has 0 unspecified atom stereocenters. The van der Waals surface area contributed by atoms with Gasteiger partial charge in [0.25, 0.3) is 0 Å². The number of aromatic nitrogens is 2. The summed E-state index contributed by atoms with van der Waals surface area (Å²) in [6, 6.07) is 8.40. The van der Waals surface area contributed by atoms with Crippen LogP contribution in [-0.2, 0) is 13.0 Å². The third-order valence-electron chi connectivity index (χ3n) is 4.09. The molecule has 0 saturated carbocycles. The first-order valence-corrected chi connectivity index (χ1v) is 8.61. The van der Waals surface area contributed by atoms with Gasteiger partial charge in [0.1, 0.15) is 5.82 Å². The summed E-state index contributed by atoms with van der Waals surface area (Å²) in [7, 11) is 0. The normalized spacial score (nSPS) is 12.2. The van der Waals surface area contributed by atoms with Gasteiger partial charge >= 0.3 is 0 Å². The zero-order chi connectivity index (χ0) is 15.3. The summed E-state index contributed by atoms with van der Waals surface area (Å²) in [6.07, 6.45) is 6.00. The van der Waals surface area contributed by atoms with E-state index < -0.39 is 0 Å². The molecule has 2 nitrogen and oxygen atoms in total. The van der Waals surface area contributed by atoms with Gasteiger partial charge in [0.05, 0.1) is 11.0 Å². The Morgan fingerprint density at radius 2 is 1.95 bits per heavy atom. The summed E-state index contributed by atoms with van der Waals surface area (Å²) >= 11 is 5.96. The first-order valence-electron chi connectivity index (χ1n) is 8.07. The van der Waals surface area contributed by atoms with Gasteiger partial charge in [-0.1, -0.05) is 52.2 Å². The largest absolute Gasteiger partial charge is 0.327 e. The molecule has 1 heterocycles. The van der Waals surface area contributed by atoms with E-state index in [9.17, 15) is 0 Å². The number of hydrogen-bond acceptors (Lipinski definition) is 1. The van der Waals surface area contributed by atoms with E-state index in [2.05, 4.69) is 49.6 Å². The lowest BCUT2D eigenvalue weighted by atomic mass is 9.86. The maximum Gasteiger partial charge on any atom is 0.111 e. The maximum atomic E-state index is 5.96. The second-order valence-corrected chi connectivity index (χ2v) is 7.04. The summed E-state index contributed by atoms with van der Waals surface area (Å²) in [5, 5.41) is 0. The molecule has 0 aliphatic carbocycles. The number of nitrogens with zero attached hydrogens (tertiary/aromatic N) is 2. The molecule has 0 bridgehead atoms. The van der Waals surface area contributed by atoms with E-state index in [1.165, 1.54) is 31.2 Å². The van der Waals surface area contributed by atoms with Crippen molar-refractivity contribution in [3.8, 4) is 0 Å². The molecular formula is C18H27ClN2. The average molecular weight is 307 g/mol. The minimum absolute atomic E-state index is 0.291. The number of fused-ring (bicyclic) bond motifs is 1. The molecule has 2 aromatic rings. The SMILES string of the molecule is CCCCCC(C)(C)Cn1c(CCCl)nc2ccccc21. The lowest BCUT2D eigenvalue weighted by Gasteiger charge is -2.26. The summed E-state index contributed by atoms with van der Waals surface area (Å²) in [6.45, 7) is 8.00. The minimum Gasteiger partial charge on any atom is -0.327 e. The van der Waals surface area contributed by atoms with E-state index in [0.717, 1.165) is 24.3 Å². The topological polar surface area (TPSA) is 17.8 Å². The first-order chi connectivity index (χ1) is 10.1. The highest BCUT2D eigenvalue weighted by Gasteiger charge is 2.21. The number of rotatable bonds is 8. The monoisotopic (exact) mass is 306 g/mol. The highest BCUT2D eigenvalue weighted by molar-refractivity contribution is 6.17. The number of hydrogen-bond donors (Lipinski definition) is 0. The highest BCUT2D eigenvalue weighted by Crippen LogP contribution is 2.29. The van der Waals surface area contributed by atoms with Crippen LogP contribution < -0.4 is 0 Å². The fourth-order valence-corrected chi connectivity index (χ4v) is 3.11. The number of imidazole rings is 1. The van der Waals surface area contributed by atoms with E-state index in [-0.39, 0.29) is 0 Å². The molecule has 0 saturated heterocycles. The molecule has 0 aliphatic heterocycles. The molecule has 0 N–H and O–H groups in total. The van der Waals surface area contributed by atoms with Crippen LogP contribution in [0.1, 0.15) is 52.3 Å². The second-order valence-electron chi connectivity index (χ2n) is 6.66. The molecule has 0 aliphatic rings. The van der Waals surface area contributed by atoms with Crippen molar-refractivity contribution in [3.63, 3.8) is 0 Å². The van der Waals surface area contributed by atoms with E-state index in [1.807, 2.05) is 0 Å². The number of para-hydroxylation sites is 2. The molecule has 21 heavy (non-hydrogen) atoms. The van der Waals surface area contributed by atoms with Gasteiger partial charge < -0.3 is 4.57 Å². The lowest BCUT2D eigenvalue weighted by Crippen LogP contribution is -2.21. The average Bonchev–Trinajstić information content (AvgIpc) is 2.77. The first kappa shape index (κ1) is 16.4. The predicted molar refractivity (Wildman–Crippen MR) is 92.1 cm³/mol. The molecule has 0 amide bonds. The fraction of sp³-hybridized carbons (Fsp3) is 0.611. The summed E-state index contributed by atoms with van der Waals surface area (Å²) in [4.78, 5) is 4.76. The lowest BCUT2D eigenvalue weighted by molar-refractivity contribution is 0.272. The Labute approximate surface area is 133 Å². The Bertz CT molecular complexity index is 572. The van der Waals surface area contributed by atoms with Crippen LogP contribution in [0.3, 0.4) is 0 Å². The van der Waals surface area contributed by atoms with Crippen molar-refractivity contribution in [1.82, 2.24) is 9.55 Å². The minimum atomic E-state index is 0.291. The van der Waals surface area contributed by atoms with Crippen molar-refractivity contribution in [2.45, 2.75) is 59.4 Å². The van der Waals surface area contributed by atoms with Gasteiger partial charge in [-0.25, -0.2) is 4.98 Å². The molecule has 2 rings (SSSR count). The van der Waals surface area contributed by atoms with Gasteiger partial charge in [0.15, 0.2) is 0 Å². The van der Waals surface area contributed by atoms with Gasteiger partial charge in [-0.2, -0.15) is 0 Å². The van der Waals surface area contributed by atoms with Crippen molar-refractivity contribution in [2.75, 3.05) is 5.88 Å². The van der Waals surface area contributed by atoms with Crippen LogP contribution in [0.2, 0.25) is 0 Å². The number of benzene rings is 1. The van der Waals surface area contributed by atoms with E-state index in [0.29, 0.717) is 11.3 Å². The predicted octanol–water partition coefficient (Wildman–Crippen LogP) is 5.42. The van der Waals surface area contributed by atoms with E-state index in [1.54, 1.807) is 0 Å². The third kappa shape index (κ3) is 4.23. The van der Waals surface area contributed by atoms with Gasteiger partial charge in [-0.15, -0.1) is 11.6 Å². The number of unbranched alkanes of at least 4 members (excludes halogenated alkanes) is 2. The summed E-state index contributed by atoms with van der Waals surface area (Å²) in [5.41, 5.74) is 2.61. The van der Waals surface area contributed by atoms with Gasteiger partial charge in [0.2, 0.25) is 0 Å². The van der Waals surface area contributed by atoms with Crippen LogP contribution in [0.4, 0.5) is 0 Å². The molecule has 0 fully saturated rings.